The lowest BCUT2D eigenvalue weighted by molar-refractivity contribution is -0.271. The number of alkyl halides is 2. The normalized spacial score (nSPS) is 19.4. The standard InChI is InChI=1S/C24H28F2N6O2/c1-18-12-20(31-10-8-30(9-11-31)13-19-4-2-3-7-27-19)5-6-21(18)22-14-32(29-28-22)15-23-33-16-24(25,26)17-34-23/h2-7,12,14,23H,8-11,13,15-17H2,1H3. The molecule has 0 saturated carbocycles. The van der Waals surface area contributed by atoms with Crippen molar-refractivity contribution in [3.8, 4) is 11.3 Å². The first-order valence-corrected chi connectivity index (χ1v) is 11.4. The van der Waals surface area contributed by atoms with E-state index in [1.165, 1.54) is 5.69 Å². The number of benzene rings is 1. The van der Waals surface area contributed by atoms with Gasteiger partial charge in [0, 0.05) is 50.2 Å². The van der Waals surface area contributed by atoms with Crippen LogP contribution in [0.1, 0.15) is 11.3 Å². The van der Waals surface area contributed by atoms with Crippen LogP contribution in [0.15, 0.2) is 48.8 Å². The second-order valence-corrected chi connectivity index (χ2v) is 8.82. The molecular weight excluding hydrogens is 442 g/mol. The van der Waals surface area contributed by atoms with Crippen molar-refractivity contribution in [1.82, 2.24) is 24.9 Å². The minimum Gasteiger partial charge on any atom is -0.369 e. The topological polar surface area (TPSA) is 68.5 Å². The van der Waals surface area contributed by atoms with Crippen LogP contribution in [-0.2, 0) is 22.6 Å². The van der Waals surface area contributed by atoms with Crippen LogP contribution in [0.25, 0.3) is 11.3 Å². The average molecular weight is 471 g/mol. The van der Waals surface area contributed by atoms with Crippen LogP contribution in [-0.4, -0.2) is 76.5 Å². The molecule has 2 fully saturated rings. The summed E-state index contributed by atoms with van der Waals surface area (Å²) >= 11 is 0. The van der Waals surface area contributed by atoms with Crippen LogP contribution in [0.4, 0.5) is 14.5 Å². The second kappa shape index (κ2) is 9.73. The zero-order valence-electron chi connectivity index (χ0n) is 19.1. The summed E-state index contributed by atoms with van der Waals surface area (Å²) in [6, 6.07) is 12.4. The first-order chi connectivity index (χ1) is 16.4. The van der Waals surface area contributed by atoms with Crippen molar-refractivity contribution in [2.75, 3.05) is 44.3 Å². The first kappa shape index (κ1) is 22.8. The number of rotatable bonds is 6. The van der Waals surface area contributed by atoms with Gasteiger partial charge in [-0.3, -0.25) is 9.88 Å². The zero-order valence-corrected chi connectivity index (χ0v) is 19.1. The summed E-state index contributed by atoms with van der Waals surface area (Å²) in [5.74, 6) is -2.94. The molecular formula is C24H28F2N6O2. The van der Waals surface area contributed by atoms with Gasteiger partial charge in [-0.15, -0.1) is 5.10 Å². The van der Waals surface area contributed by atoms with Crippen molar-refractivity contribution in [3.05, 3.63) is 60.0 Å². The van der Waals surface area contributed by atoms with Gasteiger partial charge in [-0.25, -0.2) is 13.5 Å². The van der Waals surface area contributed by atoms with Gasteiger partial charge < -0.3 is 14.4 Å². The monoisotopic (exact) mass is 470 g/mol. The van der Waals surface area contributed by atoms with Gasteiger partial charge in [-0.1, -0.05) is 17.3 Å². The maximum atomic E-state index is 13.2. The molecule has 0 amide bonds. The molecule has 2 saturated heterocycles. The lowest BCUT2D eigenvalue weighted by atomic mass is 10.0. The highest BCUT2D eigenvalue weighted by atomic mass is 19.3. The number of pyridine rings is 1. The number of aryl methyl sites for hydroxylation is 1. The molecule has 34 heavy (non-hydrogen) atoms. The van der Waals surface area contributed by atoms with E-state index in [4.69, 9.17) is 9.47 Å². The van der Waals surface area contributed by atoms with Gasteiger partial charge in [-0.2, -0.15) is 0 Å². The van der Waals surface area contributed by atoms with E-state index in [0.29, 0.717) is 0 Å². The van der Waals surface area contributed by atoms with Crippen molar-refractivity contribution in [3.63, 3.8) is 0 Å². The number of aromatic nitrogens is 4. The average Bonchev–Trinajstić information content (AvgIpc) is 3.30. The van der Waals surface area contributed by atoms with Gasteiger partial charge in [-0.05, 0) is 36.8 Å². The summed E-state index contributed by atoms with van der Waals surface area (Å²) in [7, 11) is 0. The SMILES string of the molecule is Cc1cc(N2CCN(Cc3ccccn3)CC2)ccc1-c1cn(CC2OCC(F)(F)CO2)nn1. The predicted octanol–water partition coefficient (Wildman–Crippen LogP) is 2.98. The summed E-state index contributed by atoms with van der Waals surface area (Å²) in [5, 5.41) is 8.38. The highest BCUT2D eigenvalue weighted by Gasteiger charge is 2.37. The number of anilines is 1. The molecule has 8 nitrogen and oxygen atoms in total. The molecule has 10 heteroatoms. The van der Waals surface area contributed by atoms with Crippen LogP contribution in [0.3, 0.4) is 0 Å². The van der Waals surface area contributed by atoms with E-state index >= 15 is 0 Å². The fourth-order valence-electron chi connectivity index (χ4n) is 4.31. The predicted molar refractivity (Wildman–Crippen MR) is 123 cm³/mol. The molecule has 4 heterocycles. The van der Waals surface area contributed by atoms with Crippen molar-refractivity contribution in [2.24, 2.45) is 0 Å². The maximum Gasteiger partial charge on any atom is 0.293 e. The van der Waals surface area contributed by atoms with E-state index in [1.807, 2.05) is 18.3 Å². The molecule has 180 valence electrons. The molecule has 1 aromatic carbocycles. The second-order valence-electron chi connectivity index (χ2n) is 8.82. The van der Waals surface area contributed by atoms with Gasteiger partial charge in [0.15, 0.2) is 6.29 Å². The summed E-state index contributed by atoms with van der Waals surface area (Å²) in [5.41, 5.74) is 5.11. The smallest absolute Gasteiger partial charge is 0.293 e. The van der Waals surface area contributed by atoms with Gasteiger partial charge in [0.1, 0.15) is 18.9 Å². The molecule has 0 radical (unpaired) electrons. The van der Waals surface area contributed by atoms with Crippen molar-refractivity contribution in [2.45, 2.75) is 32.2 Å². The van der Waals surface area contributed by atoms with Crippen molar-refractivity contribution >= 4 is 5.69 Å². The largest absolute Gasteiger partial charge is 0.369 e. The van der Waals surface area contributed by atoms with E-state index in [-0.39, 0.29) is 6.54 Å². The fraction of sp³-hybridized carbons (Fsp3) is 0.458. The van der Waals surface area contributed by atoms with E-state index in [0.717, 1.165) is 55.2 Å². The van der Waals surface area contributed by atoms with Crippen LogP contribution < -0.4 is 4.90 Å². The number of halogens is 2. The Labute approximate surface area is 197 Å². The lowest BCUT2D eigenvalue weighted by Crippen LogP contribution is -2.46. The van der Waals surface area contributed by atoms with Crippen molar-refractivity contribution < 1.29 is 18.3 Å². The highest BCUT2D eigenvalue weighted by molar-refractivity contribution is 5.67. The molecule has 0 unspecified atom stereocenters. The third-order valence-corrected chi connectivity index (χ3v) is 6.17. The molecule has 5 rings (SSSR count). The number of ether oxygens (including phenoxy) is 2. The zero-order chi connectivity index (χ0) is 23.5. The molecule has 2 aromatic heterocycles. The Kier molecular flexibility index (Phi) is 6.53. The number of hydrogen-bond donors (Lipinski definition) is 0. The van der Waals surface area contributed by atoms with Gasteiger partial charge in [0.05, 0.1) is 18.4 Å². The molecule has 0 spiro atoms. The number of hydrogen-bond acceptors (Lipinski definition) is 7. The molecule has 3 aromatic rings. The third-order valence-electron chi connectivity index (χ3n) is 6.17. The summed E-state index contributed by atoms with van der Waals surface area (Å²) in [6.07, 6.45) is 2.87. The van der Waals surface area contributed by atoms with Crippen LogP contribution in [0, 0.1) is 6.92 Å². The Balaban J connectivity index is 1.18. The Bertz CT molecular complexity index is 1090. The minimum atomic E-state index is -2.94. The fourth-order valence-corrected chi connectivity index (χ4v) is 4.31. The molecule has 2 aliphatic heterocycles. The van der Waals surface area contributed by atoms with Crippen LogP contribution in [0.5, 0.6) is 0 Å². The number of piperazine rings is 1. The van der Waals surface area contributed by atoms with E-state index in [2.05, 4.69) is 56.3 Å². The van der Waals surface area contributed by atoms with E-state index < -0.39 is 25.4 Å². The Morgan fingerprint density at radius 3 is 2.56 bits per heavy atom. The van der Waals surface area contributed by atoms with Crippen molar-refractivity contribution in [1.29, 1.82) is 0 Å². The summed E-state index contributed by atoms with van der Waals surface area (Å²) < 4.78 is 38.1. The Morgan fingerprint density at radius 2 is 1.85 bits per heavy atom. The molecule has 2 aliphatic rings. The van der Waals surface area contributed by atoms with E-state index in [1.54, 1.807) is 10.9 Å². The minimum absolute atomic E-state index is 0.211. The molecule has 0 atom stereocenters. The summed E-state index contributed by atoms with van der Waals surface area (Å²) in [4.78, 5) is 9.26. The van der Waals surface area contributed by atoms with Crippen LogP contribution in [0.2, 0.25) is 0 Å². The van der Waals surface area contributed by atoms with Gasteiger partial charge in [0.2, 0.25) is 0 Å². The van der Waals surface area contributed by atoms with Gasteiger partial charge in [0.25, 0.3) is 5.92 Å². The maximum absolute atomic E-state index is 13.2. The Hall–Kier alpha value is -2.95. The lowest BCUT2D eigenvalue weighted by Gasteiger charge is -2.36. The first-order valence-electron chi connectivity index (χ1n) is 11.4. The third kappa shape index (κ3) is 5.40. The van der Waals surface area contributed by atoms with E-state index in [9.17, 15) is 8.78 Å². The summed E-state index contributed by atoms with van der Waals surface area (Å²) in [6.45, 7) is 5.76. The quantitative estimate of drug-likeness (QED) is 0.549. The Morgan fingerprint density at radius 1 is 1.06 bits per heavy atom. The number of nitrogens with zero attached hydrogens (tertiary/aromatic N) is 6. The van der Waals surface area contributed by atoms with Crippen LogP contribution >= 0.6 is 0 Å². The highest BCUT2D eigenvalue weighted by Crippen LogP contribution is 2.27. The molecule has 0 bridgehead atoms. The molecule has 0 N–H and O–H groups in total. The molecule has 0 aliphatic carbocycles. The van der Waals surface area contributed by atoms with Gasteiger partial charge >= 0.3 is 0 Å².